The maximum absolute atomic E-state index is 12.8. The van der Waals surface area contributed by atoms with E-state index < -0.39 is 12.0 Å². The Hall–Kier alpha value is -1.65. The predicted octanol–water partition coefficient (Wildman–Crippen LogP) is 3.37. The molecule has 0 radical (unpaired) electrons. The Balaban J connectivity index is 2.06. The van der Waals surface area contributed by atoms with E-state index in [1.807, 2.05) is 30.3 Å². The molecule has 1 N–H and O–H groups in total. The average molecular weight is 345 g/mol. The second-order valence-electron chi connectivity index (χ2n) is 6.62. The van der Waals surface area contributed by atoms with E-state index in [1.165, 1.54) is 0 Å². The Bertz CT molecular complexity index is 539. The quantitative estimate of drug-likeness (QED) is 0.551. The van der Waals surface area contributed by atoms with Gasteiger partial charge < -0.3 is 14.7 Å². The summed E-state index contributed by atoms with van der Waals surface area (Å²) in [5.41, 5.74) is 0.831. The number of likely N-dealkylation sites (N-methyl/N-ethyl adjacent to an activating group) is 1. The summed E-state index contributed by atoms with van der Waals surface area (Å²) in [5, 5.41) is 10.9. The maximum Gasteiger partial charge on any atom is 0.316 e. The smallest absolute Gasteiger partial charge is 0.316 e. The molecule has 0 unspecified atom stereocenters. The molecule has 4 heteroatoms. The monoisotopic (exact) mass is 345 g/mol. The second-order valence-corrected chi connectivity index (χ2v) is 6.62. The molecule has 0 aromatic heterocycles. The zero-order chi connectivity index (χ0) is 18.1. The van der Waals surface area contributed by atoms with E-state index in [-0.39, 0.29) is 11.9 Å². The van der Waals surface area contributed by atoms with E-state index in [4.69, 9.17) is 4.74 Å². The van der Waals surface area contributed by atoms with Gasteiger partial charge in [0, 0.05) is 6.54 Å². The molecule has 0 saturated heterocycles. The summed E-state index contributed by atoms with van der Waals surface area (Å²) in [6.07, 6.45) is 6.22. The molecule has 0 saturated carbocycles. The van der Waals surface area contributed by atoms with Crippen LogP contribution in [0.25, 0.3) is 0 Å². The summed E-state index contributed by atoms with van der Waals surface area (Å²) >= 11 is 0. The van der Waals surface area contributed by atoms with Crippen molar-refractivity contribution in [3.8, 4) is 0 Å². The van der Waals surface area contributed by atoms with Gasteiger partial charge in [0.2, 0.25) is 0 Å². The molecule has 4 nitrogen and oxygen atoms in total. The number of nitrogens with zero attached hydrogens (tertiary/aromatic N) is 1. The topological polar surface area (TPSA) is 49.8 Å². The minimum Gasteiger partial charge on any atom is -0.464 e. The molecule has 0 aliphatic heterocycles. The van der Waals surface area contributed by atoms with E-state index >= 15 is 0 Å². The summed E-state index contributed by atoms with van der Waals surface area (Å²) < 4.78 is 5.55. The number of benzene rings is 1. The van der Waals surface area contributed by atoms with Crippen molar-refractivity contribution in [1.29, 1.82) is 0 Å². The van der Waals surface area contributed by atoms with Gasteiger partial charge in [-0.15, -0.1) is 0 Å². The van der Waals surface area contributed by atoms with Crippen molar-refractivity contribution in [2.24, 2.45) is 5.92 Å². The van der Waals surface area contributed by atoms with Gasteiger partial charge >= 0.3 is 5.97 Å². The van der Waals surface area contributed by atoms with Gasteiger partial charge in [-0.3, -0.25) is 4.79 Å². The summed E-state index contributed by atoms with van der Waals surface area (Å²) in [4.78, 5) is 15.0. The number of carbonyl (C=O) groups excluding carboxylic acids is 1. The summed E-state index contributed by atoms with van der Waals surface area (Å²) in [5.74, 6) is -0.833. The van der Waals surface area contributed by atoms with E-state index in [2.05, 4.69) is 30.9 Å². The fraction of sp³-hybridized carbons (Fsp3) is 0.571. The number of hydrogen-bond acceptors (Lipinski definition) is 4. The maximum atomic E-state index is 12.8. The third kappa shape index (κ3) is 5.68. The van der Waals surface area contributed by atoms with Crippen molar-refractivity contribution in [2.75, 3.05) is 26.2 Å². The van der Waals surface area contributed by atoms with Gasteiger partial charge in [0.15, 0.2) is 0 Å². The number of aliphatic hydroxyl groups excluding tert-OH is 1. The zero-order valence-corrected chi connectivity index (χ0v) is 15.4. The molecule has 0 fully saturated rings. The summed E-state index contributed by atoms with van der Waals surface area (Å²) in [6, 6.07) is 9.52. The van der Waals surface area contributed by atoms with Crippen LogP contribution in [0.5, 0.6) is 0 Å². The Labute approximate surface area is 151 Å². The molecular weight excluding hydrogens is 314 g/mol. The first-order valence-electron chi connectivity index (χ1n) is 9.44. The molecule has 25 heavy (non-hydrogen) atoms. The van der Waals surface area contributed by atoms with Gasteiger partial charge in [-0.05, 0) is 43.8 Å². The van der Waals surface area contributed by atoms with Crippen LogP contribution < -0.4 is 0 Å². The van der Waals surface area contributed by atoms with Crippen LogP contribution in [0.4, 0.5) is 0 Å². The lowest BCUT2D eigenvalue weighted by Gasteiger charge is -2.30. The van der Waals surface area contributed by atoms with Crippen molar-refractivity contribution < 1.29 is 14.6 Å². The van der Waals surface area contributed by atoms with Gasteiger partial charge in [0.25, 0.3) is 0 Å². The van der Waals surface area contributed by atoms with E-state index in [0.29, 0.717) is 6.61 Å². The normalized spacial score (nSPS) is 19.6. The lowest BCUT2D eigenvalue weighted by atomic mass is 9.80. The van der Waals surface area contributed by atoms with Gasteiger partial charge in [0.05, 0.1) is 6.10 Å². The molecule has 1 aromatic rings. The molecule has 1 aliphatic rings. The molecule has 0 spiro atoms. The number of esters is 1. The van der Waals surface area contributed by atoms with Crippen LogP contribution in [0.1, 0.15) is 44.6 Å². The highest BCUT2D eigenvalue weighted by atomic mass is 16.5. The van der Waals surface area contributed by atoms with Crippen LogP contribution in [-0.4, -0.2) is 48.3 Å². The summed E-state index contributed by atoms with van der Waals surface area (Å²) in [7, 11) is 0. The van der Waals surface area contributed by atoms with Crippen LogP contribution >= 0.6 is 0 Å². The SMILES string of the molecule is CCN(CC)CCOC(=O)[C@H](c1ccccc1)[C@H](O)[C@H]1CC=CCC1. The molecule has 138 valence electrons. The van der Waals surface area contributed by atoms with Crippen LogP contribution in [-0.2, 0) is 9.53 Å². The Kier molecular flexibility index (Phi) is 8.16. The minimum absolute atomic E-state index is 0.102. The molecule has 2 rings (SSSR count). The van der Waals surface area contributed by atoms with E-state index in [0.717, 1.165) is 44.5 Å². The summed E-state index contributed by atoms with van der Waals surface area (Å²) in [6.45, 7) is 7.15. The van der Waals surface area contributed by atoms with Crippen molar-refractivity contribution in [3.63, 3.8) is 0 Å². The van der Waals surface area contributed by atoms with Crippen LogP contribution in [0.2, 0.25) is 0 Å². The van der Waals surface area contributed by atoms with Crippen LogP contribution in [0.3, 0.4) is 0 Å². The van der Waals surface area contributed by atoms with Gasteiger partial charge in [-0.2, -0.15) is 0 Å². The fourth-order valence-corrected chi connectivity index (χ4v) is 3.44. The number of allylic oxidation sites excluding steroid dienone is 2. The third-order valence-corrected chi connectivity index (χ3v) is 5.09. The Morgan fingerprint density at radius 2 is 1.96 bits per heavy atom. The van der Waals surface area contributed by atoms with Gasteiger partial charge in [0.1, 0.15) is 12.5 Å². The third-order valence-electron chi connectivity index (χ3n) is 5.09. The molecule has 0 heterocycles. The highest BCUT2D eigenvalue weighted by Gasteiger charge is 2.35. The lowest BCUT2D eigenvalue weighted by Crippen LogP contribution is -2.35. The Morgan fingerprint density at radius 3 is 2.56 bits per heavy atom. The largest absolute Gasteiger partial charge is 0.464 e. The standard InChI is InChI=1S/C21H31NO3/c1-3-22(4-2)15-16-25-21(24)19(17-11-7-5-8-12-17)20(23)18-13-9-6-10-14-18/h5-9,11-12,18-20,23H,3-4,10,13-16H2,1-2H3/t18-,19+,20+/m0/s1. The Morgan fingerprint density at radius 1 is 1.24 bits per heavy atom. The molecule has 3 atom stereocenters. The number of hydrogen-bond donors (Lipinski definition) is 1. The lowest BCUT2D eigenvalue weighted by molar-refractivity contribution is -0.150. The van der Waals surface area contributed by atoms with Crippen molar-refractivity contribution in [1.82, 2.24) is 4.90 Å². The van der Waals surface area contributed by atoms with Crippen LogP contribution in [0, 0.1) is 5.92 Å². The number of ether oxygens (including phenoxy) is 1. The fourth-order valence-electron chi connectivity index (χ4n) is 3.44. The van der Waals surface area contributed by atoms with Gasteiger partial charge in [-0.1, -0.05) is 56.3 Å². The minimum atomic E-state index is -0.715. The highest BCUT2D eigenvalue weighted by Crippen LogP contribution is 2.32. The first-order valence-corrected chi connectivity index (χ1v) is 9.44. The number of aliphatic hydroxyl groups is 1. The van der Waals surface area contributed by atoms with E-state index in [1.54, 1.807) is 0 Å². The van der Waals surface area contributed by atoms with E-state index in [9.17, 15) is 9.90 Å². The molecular formula is C21H31NO3. The first kappa shape index (κ1) is 19.7. The first-order chi connectivity index (χ1) is 12.2. The molecule has 1 aromatic carbocycles. The average Bonchev–Trinajstić information content (AvgIpc) is 2.67. The number of rotatable bonds is 9. The van der Waals surface area contributed by atoms with Crippen molar-refractivity contribution >= 4 is 5.97 Å². The van der Waals surface area contributed by atoms with Crippen molar-refractivity contribution in [3.05, 3.63) is 48.0 Å². The highest BCUT2D eigenvalue weighted by molar-refractivity contribution is 5.79. The van der Waals surface area contributed by atoms with Crippen molar-refractivity contribution in [2.45, 2.75) is 45.1 Å². The predicted molar refractivity (Wildman–Crippen MR) is 100 cm³/mol. The second kappa shape index (κ2) is 10.4. The van der Waals surface area contributed by atoms with Crippen LogP contribution in [0.15, 0.2) is 42.5 Å². The molecule has 1 aliphatic carbocycles. The number of carbonyl (C=O) groups is 1. The molecule has 0 bridgehead atoms. The van der Waals surface area contributed by atoms with Gasteiger partial charge in [-0.25, -0.2) is 0 Å². The zero-order valence-electron chi connectivity index (χ0n) is 15.4. The molecule has 0 amide bonds.